The summed E-state index contributed by atoms with van der Waals surface area (Å²) in [5.41, 5.74) is 0.378. The number of rotatable bonds is 13. The molecule has 0 aliphatic carbocycles. The Morgan fingerprint density at radius 1 is 0.821 bits per heavy atom. The Balaban J connectivity index is 1.63. The molecule has 0 heterocycles. The lowest BCUT2D eigenvalue weighted by molar-refractivity contribution is -0.140. The molecule has 0 spiro atoms. The predicted molar refractivity (Wildman–Crippen MR) is 108 cm³/mol. The van der Waals surface area contributed by atoms with E-state index in [9.17, 15) is 4.79 Å². The van der Waals surface area contributed by atoms with E-state index in [1.165, 1.54) is 0 Å². The van der Waals surface area contributed by atoms with E-state index in [1.54, 1.807) is 6.92 Å². The first-order chi connectivity index (χ1) is 13.6. The Morgan fingerprint density at radius 3 is 1.93 bits per heavy atom. The summed E-state index contributed by atoms with van der Waals surface area (Å²) in [5.74, 6) is 1.25. The summed E-state index contributed by atoms with van der Waals surface area (Å²) in [6.45, 7) is 10.0. The molecular formula is C22H28O6. The highest BCUT2D eigenvalue weighted by atomic mass is 16.6. The van der Waals surface area contributed by atoms with Crippen LogP contribution in [0.3, 0.4) is 0 Å². The summed E-state index contributed by atoms with van der Waals surface area (Å²) in [5, 5.41) is 2.05. The quantitative estimate of drug-likeness (QED) is 0.296. The molecule has 6 nitrogen and oxygen atoms in total. The smallest absolute Gasteiger partial charge is 0.333 e. The third-order valence-electron chi connectivity index (χ3n) is 3.81. The molecule has 0 radical (unpaired) electrons. The number of benzene rings is 2. The fourth-order valence-corrected chi connectivity index (χ4v) is 2.50. The maximum atomic E-state index is 11.2. The largest absolute Gasteiger partial charge is 0.493 e. The first-order valence-corrected chi connectivity index (χ1v) is 9.39. The average molecular weight is 388 g/mol. The lowest BCUT2D eigenvalue weighted by atomic mass is 10.1. The SMILES string of the molecule is C=C(C)C(=O)OCCOCCOCCOc1ccc(OCC)c2ccccc12. The van der Waals surface area contributed by atoms with Crippen LogP contribution in [0.1, 0.15) is 13.8 Å². The highest BCUT2D eigenvalue weighted by Gasteiger charge is 2.07. The van der Waals surface area contributed by atoms with Gasteiger partial charge < -0.3 is 23.7 Å². The number of ether oxygens (including phenoxy) is 5. The van der Waals surface area contributed by atoms with E-state index >= 15 is 0 Å². The van der Waals surface area contributed by atoms with Crippen molar-refractivity contribution in [2.75, 3.05) is 46.2 Å². The lowest BCUT2D eigenvalue weighted by Gasteiger charge is -2.13. The fourth-order valence-electron chi connectivity index (χ4n) is 2.50. The van der Waals surface area contributed by atoms with Crippen molar-refractivity contribution in [3.05, 3.63) is 48.6 Å². The molecule has 0 amide bonds. The summed E-state index contributed by atoms with van der Waals surface area (Å²) in [7, 11) is 0. The van der Waals surface area contributed by atoms with Crippen LogP contribution < -0.4 is 9.47 Å². The monoisotopic (exact) mass is 388 g/mol. The van der Waals surface area contributed by atoms with E-state index in [0.717, 1.165) is 22.3 Å². The van der Waals surface area contributed by atoms with Crippen LogP contribution in [-0.4, -0.2) is 52.2 Å². The van der Waals surface area contributed by atoms with E-state index in [1.807, 2.05) is 43.3 Å². The van der Waals surface area contributed by atoms with E-state index in [0.29, 0.717) is 45.2 Å². The molecule has 0 atom stereocenters. The third-order valence-corrected chi connectivity index (χ3v) is 3.81. The van der Waals surface area contributed by atoms with Gasteiger partial charge >= 0.3 is 5.97 Å². The molecular weight excluding hydrogens is 360 g/mol. The normalized spacial score (nSPS) is 10.6. The van der Waals surface area contributed by atoms with E-state index in [2.05, 4.69) is 6.58 Å². The molecule has 2 aromatic carbocycles. The Bertz CT molecular complexity index is 771. The minimum Gasteiger partial charge on any atom is -0.493 e. The number of fused-ring (bicyclic) bond motifs is 1. The number of hydrogen-bond donors (Lipinski definition) is 0. The first-order valence-electron chi connectivity index (χ1n) is 9.39. The van der Waals surface area contributed by atoms with Gasteiger partial charge in [0.1, 0.15) is 24.7 Å². The Labute approximate surface area is 166 Å². The van der Waals surface area contributed by atoms with Gasteiger partial charge in [-0.15, -0.1) is 0 Å². The highest BCUT2D eigenvalue weighted by Crippen LogP contribution is 2.33. The van der Waals surface area contributed by atoms with E-state index in [4.69, 9.17) is 23.7 Å². The minimum absolute atomic E-state index is 0.208. The maximum absolute atomic E-state index is 11.2. The van der Waals surface area contributed by atoms with Crippen LogP contribution in [0, 0.1) is 0 Å². The van der Waals surface area contributed by atoms with Crippen LogP contribution in [0.25, 0.3) is 10.8 Å². The minimum atomic E-state index is -0.404. The lowest BCUT2D eigenvalue weighted by Crippen LogP contribution is -2.14. The van der Waals surface area contributed by atoms with Gasteiger partial charge in [-0.3, -0.25) is 0 Å². The number of carbonyl (C=O) groups excluding carboxylic acids is 1. The number of hydrogen-bond acceptors (Lipinski definition) is 6. The Morgan fingerprint density at radius 2 is 1.36 bits per heavy atom. The summed E-state index contributed by atoms with van der Waals surface area (Å²) in [6, 6.07) is 11.8. The number of esters is 1. The molecule has 0 aliphatic heterocycles. The van der Waals surface area contributed by atoms with Gasteiger partial charge in [0.2, 0.25) is 0 Å². The molecule has 0 saturated carbocycles. The molecule has 152 valence electrons. The van der Waals surface area contributed by atoms with Crippen molar-refractivity contribution in [1.29, 1.82) is 0 Å². The average Bonchev–Trinajstić information content (AvgIpc) is 2.70. The van der Waals surface area contributed by atoms with Crippen molar-refractivity contribution in [3.8, 4) is 11.5 Å². The zero-order chi connectivity index (χ0) is 20.2. The van der Waals surface area contributed by atoms with Crippen molar-refractivity contribution in [2.24, 2.45) is 0 Å². The first kappa shape index (κ1) is 21.7. The molecule has 0 N–H and O–H groups in total. The van der Waals surface area contributed by atoms with Crippen LogP contribution >= 0.6 is 0 Å². The van der Waals surface area contributed by atoms with Crippen molar-refractivity contribution >= 4 is 16.7 Å². The topological polar surface area (TPSA) is 63.2 Å². The maximum Gasteiger partial charge on any atom is 0.333 e. The van der Waals surface area contributed by atoms with Crippen molar-refractivity contribution < 1.29 is 28.5 Å². The van der Waals surface area contributed by atoms with Gasteiger partial charge in [0, 0.05) is 16.3 Å². The van der Waals surface area contributed by atoms with Crippen LogP contribution in [0.5, 0.6) is 11.5 Å². The van der Waals surface area contributed by atoms with Crippen LogP contribution in [0.4, 0.5) is 0 Å². The zero-order valence-corrected chi connectivity index (χ0v) is 16.6. The molecule has 2 rings (SSSR count). The summed E-state index contributed by atoms with van der Waals surface area (Å²) in [4.78, 5) is 11.2. The summed E-state index contributed by atoms with van der Waals surface area (Å²) in [6.07, 6.45) is 0. The molecule has 28 heavy (non-hydrogen) atoms. The predicted octanol–water partition coefficient (Wildman–Crippen LogP) is 3.77. The third kappa shape index (κ3) is 6.87. The summed E-state index contributed by atoms with van der Waals surface area (Å²) < 4.78 is 27.3. The van der Waals surface area contributed by atoms with Crippen LogP contribution in [0.2, 0.25) is 0 Å². The zero-order valence-electron chi connectivity index (χ0n) is 16.6. The van der Waals surface area contributed by atoms with Gasteiger partial charge in [0.25, 0.3) is 0 Å². The van der Waals surface area contributed by atoms with E-state index in [-0.39, 0.29) is 6.61 Å². The van der Waals surface area contributed by atoms with Crippen LogP contribution in [-0.2, 0) is 19.0 Å². The van der Waals surface area contributed by atoms with E-state index < -0.39 is 5.97 Å². The van der Waals surface area contributed by atoms with Gasteiger partial charge in [-0.05, 0) is 26.0 Å². The van der Waals surface area contributed by atoms with Crippen molar-refractivity contribution in [2.45, 2.75) is 13.8 Å². The molecule has 0 unspecified atom stereocenters. The van der Waals surface area contributed by atoms with Gasteiger partial charge in [-0.2, -0.15) is 0 Å². The Hall–Kier alpha value is -2.57. The molecule has 0 aliphatic rings. The molecule has 0 bridgehead atoms. The molecule has 6 heteroatoms. The van der Waals surface area contributed by atoms with Gasteiger partial charge in [-0.1, -0.05) is 30.8 Å². The van der Waals surface area contributed by atoms with Crippen molar-refractivity contribution in [3.63, 3.8) is 0 Å². The van der Waals surface area contributed by atoms with Gasteiger partial charge in [0.15, 0.2) is 0 Å². The summed E-state index contributed by atoms with van der Waals surface area (Å²) >= 11 is 0. The van der Waals surface area contributed by atoms with Crippen molar-refractivity contribution in [1.82, 2.24) is 0 Å². The Kier molecular flexibility index (Phi) is 9.31. The molecule has 0 aromatic heterocycles. The highest BCUT2D eigenvalue weighted by molar-refractivity contribution is 5.93. The molecule has 2 aromatic rings. The standard InChI is InChI=1S/C22H28O6/c1-4-26-20-9-10-21(19-8-6-5-7-18(19)20)27-15-13-24-11-12-25-14-16-28-22(23)17(2)3/h5-10H,2,4,11-16H2,1,3H3. The number of carbonyl (C=O) groups is 1. The fraction of sp³-hybridized carbons (Fsp3) is 0.409. The molecule has 0 saturated heterocycles. The van der Waals surface area contributed by atoms with Crippen LogP contribution in [0.15, 0.2) is 48.6 Å². The second-order valence-corrected chi connectivity index (χ2v) is 6.03. The second kappa shape index (κ2) is 12.0. The second-order valence-electron chi connectivity index (χ2n) is 6.03. The van der Waals surface area contributed by atoms with Gasteiger partial charge in [0.05, 0.1) is 33.0 Å². The van der Waals surface area contributed by atoms with Gasteiger partial charge in [-0.25, -0.2) is 4.79 Å². The molecule has 0 fully saturated rings.